The average Bonchev–Trinajstić information content (AvgIpc) is 2.42. The lowest BCUT2D eigenvalue weighted by molar-refractivity contribution is -0.118. The second-order valence-corrected chi connectivity index (χ2v) is 4.93. The van der Waals surface area contributed by atoms with Crippen LogP contribution >= 0.6 is 0 Å². The van der Waals surface area contributed by atoms with Crippen molar-refractivity contribution in [2.75, 3.05) is 27.3 Å². The number of carbonyl (C=O) groups is 1. The highest BCUT2D eigenvalue weighted by Crippen LogP contribution is 2.27. The first-order chi connectivity index (χ1) is 9.10. The van der Waals surface area contributed by atoms with E-state index in [0.717, 1.165) is 43.0 Å². The second kappa shape index (κ2) is 7.67. The summed E-state index contributed by atoms with van der Waals surface area (Å²) in [5, 5.41) is 0. The Bertz CT molecular complexity index is 404. The Hall–Kier alpha value is -1.71. The van der Waals surface area contributed by atoms with Crippen LogP contribution in [0, 0.1) is 5.92 Å². The van der Waals surface area contributed by atoms with Gasteiger partial charge in [0.25, 0.3) is 0 Å². The van der Waals surface area contributed by atoms with E-state index >= 15 is 0 Å². The van der Waals surface area contributed by atoms with Crippen molar-refractivity contribution in [3.8, 4) is 11.5 Å². The van der Waals surface area contributed by atoms with E-state index in [4.69, 9.17) is 9.47 Å². The first-order valence-corrected chi connectivity index (χ1v) is 6.51. The van der Waals surface area contributed by atoms with Crippen LogP contribution in [0.3, 0.4) is 0 Å². The van der Waals surface area contributed by atoms with E-state index in [-0.39, 0.29) is 0 Å². The SMILES string of the molecule is COc1ccc(CCN(C=O)CC(C)C)cc1OC. The number of hydrogen-bond acceptors (Lipinski definition) is 3. The van der Waals surface area contributed by atoms with Crippen molar-refractivity contribution >= 4 is 6.41 Å². The predicted molar refractivity (Wildman–Crippen MR) is 75.7 cm³/mol. The van der Waals surface area contributed by atoms with Crippen LogP contribution in [-0.2, 0) is 11.2 Å². The van der Waals surface area contributed by atoms with Gasteiger partial charge in [-0.05, 0) is 30.0 Å². The number of nitrogens with zero attached hydrogens (tertiary/aromatic N) is 1. The van der Waals surface area contributed by atoms with E-state index in [2.05, 4.69) is 13.8 Å². The van der Waals surface area contributed by atoms with E-state index in [9.17, 15) is 4.79 Å². The molecule has 0 fully saturated rings. The molecule has 1 aromatic carbocycles. The van der Waals surface area contributed by atoms with Crippen molar-refractivity contribution in [1.29, 1.82) is 0 Å². The molecule has 0 atom stereocenters. The molecule has 0 heterocycles. The van der Waals surface area contributed by atoms with Crippen LogP contribution in [0.5, 0.6) is 11.5 Å². The first-order valence-electron chi connectivity index (χ1n) is 6.51. The fraction of sp³-hybridized carbons (Fsp3) is 0.533. The standard InChI is InChI=1S/C15H23NO3/c1-12(2)10-16(11-17)8-7-13-5-6-14(18-3)15(9-13)19-4/h5-6,9,11-12H,7-8,10H2,1-4H3. The van der Waals surface area contributed by atoms with Gasteiger partial charge in [-0.25, -0.2) is 0 Å². The van der Waals surface area contributed by atoms with Crippen LogP contribution in [0.1, 0.15) is 19.4 Å². The minimum atomic E-state index is 0.482. The lowest BCUT2D eigenvalue weighted by atomic mass is 10.1. The summed E-state index contributed by atoms with van der Waals surface area (Å²) >= 11 is 0. The van der Waals surface area contributed by atoms with Crippen LogP contribution in [0.4, 0.5) is 0 Å². The van der Waals surface area contributed by atoms with Gasteiger partial charge in [0.05, 0.1) is 14.2 Å². The van der Waals surface area contributed by atoms with Gasteiger partial charge in [-0.2, -0.15) is 0 Å². The highest BCUT2D eigenvalue weighted by molar-refractivity contribution is 5.47. The van der Waals surface area contributed by atoms with E-state index in [0.29, 0.717) is 5.92 Å². The minimum absolute atomic E-state index is 0.482. The summed E-state index contributed by atoms with van der Waals surface area (Å²) in [6.45, 7) is 5.72. The van der Waals surface area contributed by atoms with Gasteiger partial charge >= 0.3 is 0 Å². The Morgan fingerprint density at radius 2 is 1.89 bits per heavy atom. The van der Waals surface area contributed by atoms with Crippen molar-refractivity contribution in [3.63, 3.8) is 0 Å². The van der Waals surface area contributed by atoms with E-state index < -0.39 is 0 Å². The molecule has 0 spiro atoms. The Kier molecular flexibility index (Phi) is 6.19. The maximum atomic E-state index is 11.0. The number of hydrogen-bond donors (Lipinski definition) is 0. The van der Waals surface area contributed by atoms with Gasteiger partial charge in [0.2, 0.25) is 6.41 Å². The number of methoxy groups -OCH3 is 2. The maximum absolute atomic E-state index is 11.0. The van der Waals surface area contributed by atoms with Crippen molar-refractivity contribution in [3.05, 3.63) is 23.8 Å². The molecule has 0 aliphatic heterocycles. The average molecular weight is 265 g/mol. The van der Waals surface area contributed by atoms with Crippen LogP contribution < -0.4 is 9.47 Å². The molecule has 0 radical (unpaired) electrons. The Balaban J connectivity index is 2.64. The Morgan fingerprint density at radius 3 is 2.42 bits per heavy atom. The molecule has 0 saturated heterocycles. The van der Waals surface area contributed by atoms with E-state index in [1.807, 2.05) is 18.2 Å². The number of carbonyl (C=O) groups excluding carboxylic acids is 1. The van der Waals surface area contributed by atoms with Crippen LogP contribution in [0.15, 0.2) is 18.2 Å². The van der Waals surface area contributed by atoms with Gasteiger partial charge in [0, 0.05) is 13.1 Å². The Labute approximate surface area is 115 Å². The molecule has 4 nitrogen and oxygen atoms in total. The maximum Gasteiger partial charge on any atom is 0.209 e. The van der Waals surface area contributed by atoms with Crippen molar-refractivity contribution < 1.29 is 14.3 Å². The van der Waals surface area contributed by atoms with Crippen molar-refractivity contribution in [2.24, 2.45) is 5.92 Å². The van der Waals surface area contributed by atoms with Crippen LogP contribution in [0.2, 0.25) is 0 Å². The fourth-order valence-corrected chi connectivity index (χ4v) is 1.96. The van der Waals surface area contributed by atoms with E-state index in [1.165, 1.54) is 0 Å². The van der Waals surface area contributed by atoms with Crippen LogP contribution in [-0.4, -0.2) is 38.6 Å². The summed E-state index contributed by atoms with van der Waals surface area (Å²) in [5.41, 5.74) is 1.13. The first kappa shape index (κ1) is 15.3. The van der Waals surface area contributed by atoms with Crippen molar-refractivity contribution in [2.45, 2.75) is 20.3 Å². The van der Waals surface area contributed by atoms with Crippen molar-refractivity contribution in [1.82, 2.24) is 4.90 Å². The van der Waals surface area contributed by atoms with Crippen LogP contribution in [0.25, 0.3) is 0 Å². The third-order valence-corrected chi connectivity index (χ3v) is 2.88. The molecule has 0 saturated carbocycles. The smallest absolute Gasteiger partial charge is 0.209 e. The summed E-state index contributed by atoms with van der Waals surface area (Å²) in [6, 6.07) is 5.85. The van der Waals surface area contributed by atoms with Gasteiger partial charge in [0.1, 0.15) is 0 Å². The van der Waals surface area contributed by atoms with Gasteiger partial charge in [-0.3, -0.25) is 4.79 Å². The second-order valence-electron chi connectivity index (χ2n) is 4.93. The molecule has 1 rings (SSSR count). The molecule has 1 aromatic rings. The predicted octanol–water partition coefficient (Wildman–Crippen LogP) is 2.36. The summed E-state index contributed by atoms with van der Waals surface area (Å²) in [4.78, 5) is 12.8. The zero-order valence-corrected chi connectivity index (χ0v) is 12.2. The minimum Gasteiger partial charge on any atom is -0.493 e. The third kappa shape index (κ3) is 4.81. The molecule has 1 amide bonds. The number of rotatable bonds is 8. The lowest BCUT2D eigenvalue weighted by Crippen LogP contribution is -2.28. The fourth-order valence-electron chi connectivity index (χ4n) is 1.96. The largest absolute Gasteiger partial charge is 0.493 e. The quantitative estimate of drug-likeness (QED) is 0.677. The molecule has 0 N–H and O–H groups in total. The summed E-state index contributed by atoms with van der Waals surface area (Å²) in [5.74, 6) is 1.93. The zero-order chi connectivity index (χ0) is 14.3. The van der Waals surface area contributed by atoms with Gasteiger partial charge in [-0.1, -0.05) is 19.9 Å². The number of benzene rings is 1. The molecule has 19 heavy (non-hydrogen) atoms. The molecular weight excluding hydrogens is 242 g/mol. The van der Waals surface area contributed by atoms with Gasteiger partial charge in [-0.15, -0.1) is 0 Å². The molecule has 0 bridgehead atoms. The molecule has 0 aliphatic rings. The topological polar surface area (TPSA) is 38.8 Å². The molecule has 0 unspecified atom stereocenters. The lowest BCUT2D eigenvalue weighted by Gasteiger charge is -2.19. The summed E-state index contributed by atoms with van der Waals surface area (Å²) < 4.78 is 10.5. The highest BCUT2D eigenvalue weighted by Gasteiger charge is 2.07. The molecule has 106 valence electrons. The third-order valence-electron chi connectivity index (χ3n) is 2.88. The number of amides is 1. The molecule has 4 heteroatoms. The van der Waals surface area contributed by atoms with Gasteiger partial charge in [0.15, 0.2) is 11.5 Å². The highest BCUT2D eigenvalue weighted by atomic mass is 16.5. The summed E-state index contributed by atoms with van der Waals surface area (Å²) in [7, 11) is 3.24. The Morgan fingerprint density at radius 1 is 1.21 bits per heavy atom. The van der Waals surface area contributed by atoms with Gasteiger partial charge < -0.3 is 14.4 Å². The summed E-state index contributed by atoms with van der Waals surface area (Å²) in [6.07, 6.45) is 1.73. The number of ether oxygens (including phenoxy) is 2. The molecule has 0 aliphatic carbocycles. The molecule has 0 aromatic heterocycles. The monoisotopic (exact) mass is 265 g/mol. The molecular formula is C15H23NO3. The zero-order valence-electron chi connectivity index (χ0n) is 12.2. The van der Waals surface area contributed by atoms with E-state index in [1.54, 1.807) is 19.1 Å². The normalized spacial score (nSPS) is 10.4.